The van der Waals surface area contributed by atoms with Gasteiger partial charge in [0, 0.05) is 7.26 Å². The smallest absolute Gasteiger partial charge is 0.0925 e. The Morgan fingerprint density at radius 3 is 1.60 bits per heavy atom. The second-order valence-corrected chi connectivity index (χ2v) is 9.73. The summed E-state index contributed by atoms with van der Waals surface area (Å²) in [5.41, 5.74) is 0. The van der Waals surface area contributed by atoms with E-state index in [0.29, 0.717) is 0 Å². The van der Waals surface area contributed by atoms with E-state index in [2.05, 4.69) is 32.7 Å². The van der Waals surface area contributed by atoms with Crippen LogP contribution in [0, 0.1) is 11.5 Å². The van der Waals surface area contributed by atoms with Crippen LogP contribution in [0.2, 0.25) is 0 Å². The van der Waals surface area contributed by atoms with E-state index in [9.17, 15) is 0 Å². The van der Waals surface area contributed by atoms with Crippen molar-refractivity contribution in [2.75, 3.05) is 24.6 Å². The summed E-state index contributed by atoms with van der Waals surface area (Å²) in [7, 11) is -0.526. The van der Waals surface area contributed by atoms with Gasteiger partial charge in [-0.2, -0.15) is 5.26 Å². The van der Waals surface area contributed by atoms with E-state index >= 15 is 0 Å². The Hall–Kier alpha value is -0.700. The molecular weight excluding hydrogens is 265 g/mol. The molecule has 0 aliphatic carbocycles. The Balaban J connectivity index is 0. The van der Waals surface area contributed by atoms with Crippen molar-refractivity contribution in [3.8, 4) is 6.19 Å². The molecule has 0 radical (unpaired) electrons. The van der Waals surface area contributed by atoms with Crippen LogP contribution in [-0.4, -0.2) is 30.7 Å². The zero-order chi connectivity index (χ0) is 15.7. The van der Waals surface area contributed by atoms with Gasteiger partial charge >= 0.3 is 0 Å². The number of nitrogens with zero attached hydrogens (tertiary/aromatic N) is 3. The second-order valence-electron chi connectivity index (χ2n) is 5.25. The van der Waals surface area contributed by atoms with E-state index in [1.165, 1.54) is 50.7 Å². The summed E-state index contributed by atoms with van der Waals surface area (Å²) in [5, 5.41) is 14.9. The minimum Gasteiger partial charge on any atom is -0.422 e. The molecule has 20 heavy (non-hydrogen) atoms. The van der Waals surface area contributed by atoms with Gasteiger partial charge in [0.2, 0.25) is 0 Å². The van der Waals surface area contributed by atoms with Crippen LogP contribution in [0.15, 0.2) is 4.99 Å². The number of unbranched alkanes of at least 4 members (excludes halogenated alkanes) is 2. The van der Waals surface area contributed by atoms with E-state index < -0.39 is 7.26 Å². The van der Waals surface area contributed by atoms with Gasteiger partial charge in [-0.15, -0.1) is 6.01 Å². The van der Waals surface area contributed by atoms with Crippen LogP contribution in [0.1, 0.15) is 66.2 Å². The van der Waals surface area contributed by atoms with Crippen LogP contribution in [0.4, 0.5) is 0 Å². The maximum Gasteiger partial charge on any atom is 0.0925 e. The molecule has 0 saturated heterocycles. The van der Waals surface area contributed by atoms with Crippen molar-refractivity contribution in [1.82, 2.24) is 0 Å². The number of rotatable bonds is 10. The third-order valence-electron chi connectivity index (χ3n) is 3.43. The summed E-state index contributed by atoms with van der Waals surface area (Å²) in [5.74, 6) is 0. The van der Waals surface area contributed by atoms with Crippen molar-refractivity contribution in [2.45, 2.75) is 66.2 Å². The van der Waals surface area contributed by atoms with E-state index in [1.807, 2.05) is 0 Å². The quantitative estimate of drug-likeness (QED) is 0.223. The molecule has 0 saturated carbocycles. The van der Waals surface area contributed by atoms with Crippen LogP contribution >= 0.6 is 7.26 Å². The first kappa shape index (κ1) is 21.6. The molecule has 0 rings (SSSR count). The normalized spacial score (nSPS) is 9.95. The lowest BCUT2D eigenvalue weighted by Gasteiger charge is -2.26. The highest BCUT2D eigenvalue weighted by atomic mass is 31.2. The third kappa shape index (κ3) is 12.3. The highest BCUT2D eigenvalue weighted by Gasteiger charge is 2.33. The molecule has 0 aliphatic heterocycles. The van der Waals surface area contributed by atoms with Crippen LogP contribution in [0.3, 0.4) is 0 Å². The average Bonchev–Trinajstić information content (AvgIpc) is 2.42. The van der Waals surface area contributed by atoms with Crippen LogP contribution in [0.25, 0.3) is 5.41 Å². The maximum absolute atomic E-state index is 7.43. The minimum atomic E-state index is -0.526. The van der Waals surface area contributed by atoms with Crippen LogP contribution < -0.4 is 0 Å². The fraction of sp³-hybridized carbons (Fsp3) is 0.875. The molecule has 4 heteroatoms. The first-order chi connectivity index (χ1) is 9.66. The van der Waals surface area contributed by atoms with Gasteiger partial charge in [-0.05, 0) is 25.7 Å². The first-order valence-electron chi connectivity index (χ1n) is 7.99. The van der Waals surface area contributed by atoms with Gasteiger partial charge < -0.3 is 10.4 Å². The van der Waals surface area contributed by atoms with Crippen molar-refractivity contribution in [1.29, 1.82) is 5.26 Å². The predicted molar refractivity (Wildman–Crippen MR) is 93.2 cm³/mol. The van der Waals surface area contributed by atoms with E-state index in [1.54, 1.807) is 24.6 Å². The largest absolute Gasteiger partial charge is 0.422 e. The van der Waals surface area contributed by atoms with Gasteiger partial charge in [0.25, 0.3) is 0 Å². The fourth-order valence-corrected chi connectivity index (χ4v) is 7.90. The molecule has 3 nitrogen and oxygen atoms in total. The molecule has 0 aliphatic rings. The standard InChI is InChI=1S/C14H32P.C2N3/c1-5-9-10-14-15(11-6-2,12-7-3)13-8-4;3-1-5-2-4/h5-14H2,1-4H3;/q+1;-1. The Bertz CT molecular complexity index is 274. The zero-order valence-corrected chi connectivity index (χ0v) is 14.8. The molecule has 0 aromatic carbocycles. The molecule has 116 valence electrons. The van der Waals surface area contributed by atoms with E-state index in [4.69, 9.17) is 10.7 Å². The molecule has 0 heterocycles. The number of hydrogen-bond acceptors (Lipinski definition) is 2. The summed E-state index contributed by atoms with van der Waals surface area (Å²) >= 11 is 0. The second kappa shape index (κ2) is 16.4. The van der Waals surface area contributed by atoms with Gasteiger partial charge in [0.15, 0.2) is 0 Å². The van der Waals surface area contributed by atoms with Crippen molar-refractivity contribution >= 4 is 13.3 Å². The number of nitriles is 1. The van der Waals surface area contributed by atoms with Gasteiger partial charge in [0.05, 0.1) is 30.8 Å². The monoisotopic (exact) mass is 297 g/mol. The van der Waals surface area contributed by atoms with Gasteiger partial charge in [-0.3, -0.25) is 0 Å². The highest BCUT2D eigenvalue weighted by Crippen LogP contribution is 2.60. The Kier molecular flexibility index (Phi) is 17.7. The van der Waals surface area contributed by atoms with Crippen molar-refractivity contribution in [3.05, 3.63) is 5.41 Å². The average molecular weight is 297 g/mol. The van der Waals surface area contributed by atoms with Gasteiger partial charge in [-0.25, -0.2) is 0 Å². The molecule has 0 aromatic rings. The summed E-state index contributed by atoms with van der Waals surface area (Å²) in [6.45, 7) is 9.44. The van der Waals surface area contributed by atoms with Gasteiger partial charge in [-0.1, -0.05) is 40.5 Å². The molecule has 0 spiro atoms. The third-order valence-corrected chi connectivity index (χ3v) is 8.88. The van der Waals surface area contributed by atoms with Crippen molar-refractivity contribution < 1.29 is 0 Å². The Morgan fingerprint density at radius 2 is 1.35 bits per heavy atom. The number of aliphatic imine (C=N–C) groups is 1. The molecular formula is C16H32N3P. The SMILES string of the molecule is CCCCC[P+](CCC)(CCC)CCC.N#CN=C=[N-]. The maximum atomic E-state index is 7.43. The summed E-state index contributed by atoms with van der Waals surface area (Å²) in [6.07, 6.45) is 16.2. The topological polar surface area (TPSA) is 58.5 Å². The van der Waals surface area contributed by atoms with E-state index in [0.717, 1.165) is 0 Å². The fourth-order valence-electron chi connectivity index (χ4n) is 2.81. The molecule has 0 N–H and O–H groups in total. The van der Waals surface area contributed by atoms with Gasteiger partial charge in [0.1, 0.15) is 0 Å². The number of hydrogen-bond donors (Lipinski definition) is 0. The zero-order valence-electron chi connectivity index (χ0n) is 13.9. The lowest BCUT2D eigenvalue weighted by molar-refractivity contribution is 0.769. The summed E-state index contributed by atoms with van der Waals surface area (Å²) < 4.78 is 0. The van der Waals surface area contributed by atoms with Crippen molar-refractivity contribution in [2.24, 2.45) is 4.99 Å². The van der Waals surface area contributed by atoms with Crippen molar-refractivity contribution in [3.63, 3.8) is 0 Å². The first-order valence-corrected chi connectivity index (χ1v) is 10.5. The molecule has 0 aromatic heterocycles. The summed E-state index contributed by atoms with van der Waals surface area (Å²) in [4.78, 5) is 2.58. The Morgan fingerprint density at radius 1 is 0.850 bits per heavy atom. The molecule has 0 bridgehead atoms. The molecule has 0 unspecified atom stereocenters. The predicted octanol–water partition coefficient (Wildman–Crippen LogP) is 5.63. The lowest BCUT2D eigenvalue weighted by Crippen LogP contribution is -2.11. The van der Waals surface area contributed by atoms with Crippen LogP contribution in [0.5, 0.6) is 0 Å². The minimum absolute atomic E-state index is 0.526. The van der Waals surface area contributed by atoms with Crippen LogP contribution in [-0.2, 0) is 0 Å². The summed E-state index contributed by atoms with van der Waals surface area (Å²) in [6, 6.07) is 1.28. The Labute approximate surface area is 126 Å². The molecule has 0 fully saturated rings. The highest BCUT2D eigenvalue weighted by molar-refractivity contribution is 7.75. The lowest BCUT2D eigenvalue weighted by atomic mass is 10.3. The molecule has 0 atom stereocenters. The van der Waals surface area contributed by atoms with E-state index in [-0.39, 0.29) is 0 Å². The molecule has 0 amide bonds.